The number of amides is 1. The molecule has 0 unspecified atom stereocenters. The van der Waals surface area contributed by atoms with E-state index in [9.17, 15) is 9.90 Å². The molecule has 24 heavy (non-hydrogen) atoms. The number of nitrogens with zero attached hydrogens (tertiary/aromatic N) is 2. The van der Waals surface area contributed by atoms with Crippen molar-refractivity contribution < 1.29 is 14.6 Å². The largest absolute Gasteiger partial charge is 0.383 e. The van der Waals surface area contributed by atoms with Gasteiger partial charge in [0.2, 0.25) is 5.91 Å². The van der Waals surface area contributed by atoms with Gasteiger partial charge in [-0.05, 0) is 44.1 Å². The zero-order valence-corrected chi connectivity index (χ0v) is 14.1. The first-order valence-corrected chi connectivity index (χ1v) is 8.98. The second kappa shape index (κ2) is 8.44. The molecule has 132 valence electrons. The van der Waals surface area contributed by atoms with E-state index in [2.05, 4.69) is 15.2 Å². The van der Waals surface area contributed by atoms with Crippen molar-refractivity contribution in [1.29, 1.82) is 0 Å². The molecule has 2 aliphatic heterocycles. The lowest BCUT2D eigenvalue weighted by Gasteiger charge is -2.29. The molecule has 6 heteroatoms. The Labute approximate surface area is 143 Å². The molecule has 0 spiro atoms. The van der Waals surface area contributed by atoms with Crippen LogP contribution in [-0.4, -0.2) is 48.4 Å². The summed E-state index contributed by atoms with van der Waals surface area (Å²) in [5, 5.41) is 13.1. The highest BCUT2D eigenvalue weighted by atomic mass is 16.5. The topological polar surface area (TPSA) is 74.7 Å². The third-order valence-corrected chi connectivity index (χ3v) is 4.96. The molecule has 2 fully saturated rings. The second-order valence-corrected chi connectivity index (χ2v) is 6.65. The van der Waals surface area contributed by atoms with Crippen molar-refractivity contribution in [3.05, 3.63) is 23.9 Å². The number of aromatic nitrogens is 1. The molecule has 1 aromatic heterocycles. The van der Waals surface area contributed by atoms with Crippen molar-refractivity contribution in [3.8, 4) is 0 Å². The summed E-state index contributed by atoms with van der Waals surface area (Å²) in [4.78, 5) is 19.1. The SMILES string of the molecule is O=C(NCc1cccnc1N1CCCCC1)[C@H](O)C1CCOCC1. The normalized spacial score (nSPS) is 20.6. The number of ether oxygens (including phenoxy) is 1. The molecular weight excluding hydrogens is 306 g/mol. The fourth-order valence-corrected chi connectivity index (χ4v) is 3.49. The fraction of sp³-hybridized carbons (Fsp3) is 0.667. The van der Waals surface area contributed by atoms with Crippen LogP contribution in [0.2, 0.25) is 0 Å². The first-order chi connectivity index (χ1) is 11.8. The third kappa shape index (κ3) is 4.24. The maximum atomic E-state index is 12.3. The molecule has 2 N–H and O–H groups in total. The van der Waals surface area contributed by atoms with Gasteiger partial charge >= 0.3 is 0 Å². The van der Waals surface area contributed by atoms with Gasteiger partial charge in [-0.1, -0.05) is 6.07 Å². The molecule has 0 bridgehead atoms. The molecule has 2 aliphatic rings. The van der Waals surface area contributed by atoms with Crippen molar-refractivity contribution in [2.75, 3.05) is 31.2 Å². The summed E-state index contributed by atoms with van der Waals surface area (Å²) in [6.07, 6.45) is 5.96. The standard InChI is InChI=1S/C18H27N3O3/c22-16(14-6-11-24-12-7-14)18(23)20-13-15-5-4-8-19-17(15)21-9-2-1-3-10-21/h4-5,8,14,16,22H,1-3,6-7,9-13H2,(H,20,23)/t16-/m1/s1. The van der Waals surface area contributed by atoms with Crippen LogP contribution in [0.3, 0.4) is 0 Å². The zero-order valence-electron chi connectivity index (χ0n) is 14.1. The highest BCUT2D eigenvalue weighted by Crippen LogP contribution is 2.22. The Balaban J connectivity index is 1.58. The van der Waals surface area contributed by atoms with Crippen LogP contribution in [0.25, 0.3) is 0 Å². The summed E-state index contributed by atoms with van der Waals surface area (Å²) in [5.41, 5.74) is 1.01. The third-order valence-electron chi connectivity index (χ3n) is 4.96. The van der Waals surface area contributed by atoms with Gasteiger partial charge < -0.3 is 20.1 Å². The lowest BCUT2D eigenvalue weighted by molar-refractivity contribution is -0.134. The molecule has 6 nitrogen and oxygen atoms in total. The molecule has 1 amide bonds. The Hall–Kier alpha value is -1.66. The van der Waals surface area contributed by atoms with Gasteiger partial charge in [-0.2, -0.15) is 0 Å². The Kier molecular flexibility index (Phi) is 6.04. The maximum absolute atomic E-state index is 12.3. The maximum Gasteiger partial charge on any atom is 0.249 e. The van der Waals surface area contributed by atoms with Crippen molar-refractivity contribution in [2.24, 2.45) is 5.92 Å². The number of anilines is 1. The number of nitrogens with one attached hydrogen (secondary N) is 1. The van der Waals surface area contributed by atoms with Gasteiger partial charge in [0.05, 0.1) is 0 Å². The van der Waals surface area contributed by atoms with E-state index in [0.29, 0.717) is 19.8 Å². The predicted molar refractivity (Wildman–Crippen MR) is 91.7 cm³/mol. The van der Waals surface area contributed by atoms with Gasteiger partial charge in [-0.15, -0.1) is 0 Å². The number of carbonyl (C=O) groups excluding carboxylic acids is 1. The van der Waals surface area contributed by atoms with Crippen molar-refractivity contribution in [2.45, 2.75) is 44.8 Å². The summed E-state index contributed by atoms with van der Waals surface area (Å²) in [6, 6.07) is 3.89. The summed E-state index contributed by atoms with van der Waals surface area (Å²) in [5.74, 6) is 0.655. The first kappa shape index (κ1) is 17.2. The van der Waals surface area contributed by atoms with Crippen LogP contribution in [0.5, 0.6) is 0 Å². The van der Waals surface area contributed by atoms with Crippen LogP contribution in [0.1, 0.15) is 37.7 Å². The summed E-state index contributed by atoms with van der Waals surface area (Å²) in [7, 11) is 0. The van der Waals surface area contributed by atoms with E-state index in [1.807, 2.05) is 12.1 Å². The molecule has 1 aromatic rings. The Morgan fingerprint density at radius 1 is 1.33 bits per heavy atom. The van der Waals surface area contributed by atoms with E-state index in [0.717, 1.165) is 37.3 Å². The van der Waals surface area contributed by atoms with Crippen molar-refractivity contribution >= 4 is 11.7 Å². The Morgan fingerprint density at radius 2 is 2.08 bits per heavy atom. The molecule has 0 saturated carbocycles. The van der Waals surface area contributed by atoms with Crippen LogP contribution in [-0.2, 0) is 16.1 Å². The second-order valence-electron chi connectivity index (χ2n) is 6.65. The molecule has 0 aromatic carbocycles. The van der Waals surface area contributed by atoms with Gasteiger partial charge in [0.1, 0.15) is 11.9 Å². The summed E-state index contributed by atoms with van der Waals surface area (Å²) >= 11 is 0. The highest BCUT2D eigenvalue weighted by Gasteiger charge is 2.28. The number of hydrogen-bond donors (Lipinski definition) is 2. The summed E-state index contributed by atoms with van der Waals surface area (Å²) < 4.78 is 5.29. The number of hydrogen-bond acceptors (Lipinski definition) is 5. The average molecular weight is 333 g/mol. The molecule has 0 radical (unpaired) electrons. The highest BCUT2D eigenvalue weighted by molar-refractivity contribution is 5.80. The van der Waals surface area contributed by atoms with Gasteiger partial charge in [0.25, 0.3) is 0 Å². The smallest absolute Gasteiger partial charge is 0.249 e. The minimum Gasteiger partial charge on any atom is -0.383 e. The molecule has 3 rings (SSSR count). The van der Waals surface area contributed by atoms with Crippen LogP contribution < -0.4 is 10.2 Å². The Bertz CT molecular complexity index is 540. The van der Waals surface area contributed by atoms with Gasteiger partial charge in [0.15, 0.2) is 0 Å². The van der Waals surface area contributed by atoms with E-state index in [1.165, 1.54) is 19.3 Å². The number of aliphatic hydroxyl groups is 1. The number of piperidine rings is 1. The quantitative estimate of drug-likeness (QED) is 0.854. The van der Waals surface area contributed by atoms with E-state index < -0.39 is 6.10 Å². The molecule has 0 aliphatic carbocycles. The minimum absolute atomic E-state index is 0.00536. The van der Waals surface area contributed by atoms with E-state index in [1.54, 1.807) is 6.20 Å². The van der Waals surface area contributed by atoms with Crippen molar-refractivity contribution in [1.82, 2.24) is 10.3 Å². The lowest BCUT2D eigenvalue weighted by atomic mass is 9.93. The van der Waals surface area contributed by atoms with Gasteiger partial charge in [-0.3, -0.25) is 4.79 Å². The van der Waals surface area contributed by atoms with E-state index in [4.69, 9.17) is 4.74 Å². The van der Waals surface area contributed by atoms with Crippen LogP contribution in [0, 0.1) is 5.92 Å². The zero-order chi connectivity index (χ0) is 16.8. The van der Waals surface area contributed by atoms with Crippen LogP contribution in [0.4, 0.5) is 5.82 Å². The van der Waals surface area contributed by atoms with Gasteiger partial charge in [0, 0.05) is 44.6 Å². The number of rotatable bonds is 5. The average Bonchev–Trinajstić information content (AvgIpc) is 2.67. The predicted octanol–water partition coefficient (Wildman–Crippen LogP) is 1.48. The lowest BCUT2D eigenvalue weighted by Crippen LogP contribution is -2.41. The number of aliphatic hydroxyl groups excluding tert-OH is 1. The molecule has 3 heterocycles. The van der Waals surface area contributed by atoms with Crippen LogP contribution in [0.15, 0.2) is 18.3 Å². The van der Waals surface area contributed by atoms with Gasteiger partial charge in [-0.25, -0.2) is 4.98 Å². The van der Waals surface area contributed by atoms with Crippen molar-refractivity contribution in [3.63, 3.8) is 0 Å². The first-order valence-electron chi connectivity index (χ1n) is 8.98. The molecule has 1 atom stereocenters. The number of pyridine rings is 1. The van der Waals surface area contributed by atoms with E-state index in [-0.39, 0.29) is 11.8 Å². The van der Waals surface area contributed by atoms with E-state index >= 15 is 0 Å². The van der Waals surface area contributed by atoms with Crippen LogP contribution >= 0.6 is 0 Å². The molecule has 2 saturated heterocycles. The molecular formula is C18H27N3O3. The number of carbonyl (C=O) groups is 1. The summed E-state index contributed by atoms with van der Waals surface area (Å²) in [6.45, 7) is 3.68. The monoisotopic (exact) mass is 333 g/mol. The minimum atomic E-state index is -0.955. The Morgan fingerprint density at radius 3 is 2.83 bits per heavy atom. The fourth-order valence-electron chi connectivity index (χ4n) is 3.49.